The number of carbonyl (C=O) groups excluding carboxylic acids is 1. The number of anilines is 1. The highest BCUT2D eigenvalue weighted by Crippen LogP contribution is 2.35. The van der Waals surface area contributed by atoms with Gasteiger partial charge in [0.05, 0.1) is 0 Å². The van der Waals surface area contributed by atoms with E-state index in [0.717, 1.165) is 12.1 Å². The van der Waals surface area contributed by atoms with Crippen LogP contribution in [0.5, 0.6) is 17.2 Å². The Labute approximate surface area is 156 Å². The Bertz CT molecular complexity index is 945. The predicted octanol–water partition coefficient (Wildman–Crippen LogP) is 4.40. The minimum Gasteiger partial charge on any atom is -0.486 e. The van der Waals surface area contributed by atoms with Crippen LogP contribution in [0.3, 0.4) is 0 Å². The number of carbonyl (C=O) groups is 1. The van der Waals surface area contributed by atoms with E-state index in [1.165, 1.54) is 5.56 Å². The molecule has 27 heavy (non-hydrogen) atoms. The molecule has 1 aliphatic rings. The van der Waals surface area contributed by atoms with Crippen LogP contribution >= 0.6 is 0 Å². The summed E-state index contributed by atoms with van der Waals surface area (Å²) in [6.07, 6.45) is 0.957. The van der Waals surface area contributed by atoms with Gasteiger partial charge in [0.1, 0.15) is 18.1 Å². The fourth-order valence-corrected chi connectivity index (χ4v) is 2.72. The Hall–Kier alpha value is -3.41. The predicted molar refractivity (Wildman–Crippen MR) is 99.4 cm³/mol. The molecule has 0 atom stereocenters. The molecule has 0 unspecified atom stereocenters. The van der Waals surface area contributed by atoms with Gasteiger partial charge in [0, 0.05) is 11.8 Å². The minimum atomic E-state index is -0.298. The summed E-state index contributed by atoms with van der Waals surface area (Å²) >= 11 is 0. The lowest BCUT2D eigenvalue weighted by atomic mass is 10.1. The largest absolute Gasteiger partial charge is 0.486 e. The maximum Gasteiger partial charge on any atom is 0.291 e. The first-order valence-corrected chi connectivity index (χ1v) is 8.73. The van der Waals surface area contributed by atoms with Gasteiger partial charge < -0.3 is 23.9 Å². The lowest BCUT2D eigenvalue weighted by molar-refractivity contribution is 0.0992. The van der Waals surface area contributed by atoms with E-state index >= 15 is 0 Å². The molecule has 0 radical (unpaired) electrons. The molecule has 1 amide bonds. The molecule has 0 fully saturated rings. The van der Waals surface area contributed by atoms with Crippen molar-refractivity contribution in [3.05, 3.63) is 71.7 Å². The Balaban J connectivity index is 1.35. The first-order valence-electron chi connectivity index (χ1n) is 8.73. The van der Waals surface area contributed by atoms with Crippen LogP contribution in [0.15, 0.2) is 59.0 Å². The van der Waals surface area contributed by atoms with Crippen molar-refractivity contribution in [2.24, 2.45) is 0 Å². The fourth-order valence-electron chi connectivity index (χ4n) is 2.72. The van der Waals surface area contributed by atoms with Gasteiger partial charge in [0.2, 0.25) is 6.79 Å². The van der Waals surface area contributed by atoms with Crippen LogP contribution in [0.25, 0.3) is 0 Å². The monoisotopic (exact) mass is 365 g/mol. The Morgan fingerprint density at radius 1 is 1.04 bits per heavy atom. The number of rotatable bonds is 6. The average molecular weight is 365 g/mol. The third-order valence-corrected chi connectivity index (χ3v) is 4.23. The summed E-state index contributed by atoms with van der Waals surface area (Å²) in [4.78, 5) is 12.3. The summed E-state index contributed by atoms with van der Waals surface area (Å²) in [7, 11) is 0. The summed E-state index contributed by atoms with van der Waals surface area (Å²) in [6.45, 7) is 2.51. The van der Waals surface area contributed by atoms with Gasteiger partial charge in [-0.1, -0.05) is 19.1 Å². The quantitative estimate of drug-likeness (QED) is 0.701. The maximum absolute atomic E-state index is 12.3. The normalized spacial score (nSPS) is 12.0. The number of hydrogen-bond donors (Lipinski definition) is 1. The zero-order valence-electron chi connectivity index (χ0n) is 14.9. The van der Waals surface area contributed by atoms with Crippen LogP contribution in [0, 0.1) is 0 Å². The first kappa shape index (κ1) is 17.0. The minimum absolute atomic E-state index is 0.206. The van der Waals surface area contributed by atoms with Gasteiger partial charge in [-0.15, -0.1) is 0 Å². The first-order chi connectivity index (χ1) is 13.2. The van der Waals surface area contributed by atoms with Gasteiger partial charge in [0.25, 0.3) is 5.91 Å². The van der Waals surface area contributed by atoms with Crippen LogP contribution in [0.4, 0.5) is 5.69 Å². The molecular weight excluding hydrogens is 346 g/mol. The third-order valence-electron chi connectivity index (χ3n) is 4.23. The number of fused-ring (bicyclic) bond motifs is 1. The number of nitrogens with one attached hydrogen (secondary N) is 1. The van der Waals surface area contributed by atoms with E-state index in [-0.39, 0.29) is 25.1 Å². The lowest BCUT2D eigenvalue weighted by Crippen LogP contribution is -2.10. The van der Waals surface area contributed by atoms with Gasteiger partial charge in [-0.2, -0.15) is 0 Å². The number of benzene rings is 2. The molecule has 4 rings (SSSR count). The van der Waals surface area contributed by atoms with E-state index in [9.17, 15) is 4.79 Å². The molecule has 6 heteroatoms. The van der Waals surface area contributed by atoms with Crippen molar-refractivity contribution in [1.29, 1.82) is 0 Å². The molecule has 1 aromatic heterocycles. The fraction of sp³-hybridized carbons (Fsp3) is 0.190. The van der Waals surface area contributed by atoms with E-state index in [1.54, 1.807) is 30.3 Å². The topological polar surface area (TPSA) is 69.9 Å². The van der Waals surface area contributed by atoms with E-state index in [2.05, 4.69) is 12.2 Å². The molecule has 1 aliphatic heterocycles. The average Bonchev–Trinajstić information content (AvgIpc) is 3.36. The molecule has 0 spiro atoms. The van der Waals surface area contributed by atoms with E-state index in [0.29, 0.717) is 23.0 Å². The van der Waals surface area contributed by atoms with Crippen molar-refractivity contribution in [3.8, 4) is 17.2 Å². The Kier molecular flexibility index (Phi) is 4.70. The molecule has 0 saturated carbocycles. The molecule has 2 aromatic carbocycles. The summed E-state index contributed by atoms with van der Waals surface area (Å²) in [5.41, 5.74) is 1.95. The van der Waals surface area contributed by atoms with Gasteiger partial charge in [0.15, 0.2) is 17.3 Å². The van der Waals surface area contributed by atoms with E-state index in [1.807, 2.05) is 24.3 Å². The summed E-state index contributed by atoms with van der Waals surface area (Å²) < 4.78 is 21.9. The van der Waals surface area contributed by atoms with Gasteiger partial charge in [-0.3, -0.25) is 4.79 Å². The lowest BCUT2D eigenvalue weighted by Gasteiger charge is -2.06. The second kappa shape index (κ2) is 7.45. The molecular formula is C21H19NO5. The van der Waals surface area contributed by atoms with Crippen LogP contribution < -0.4 is 19.5 Å². The number of aryl methyl sites for hydroxylation is 1. The maximum atomic E-state index is 12.3. The number of amides is 1. The van der Waals surface area contributed by atoms with Crippen molar-refractivity contribution in [2.45, 2.75) is 20.0 Å². The molecule has 0 bridgehead atoms. The van der Waals surface area contributed by atoms with E-state index in [4.69, 9.17) is 18.6 Å². The highest BCUT2D eigenvalue weighted by Gasteiger charge is 2.15. The second-order valence-electron chi connectivity index (χ2n) is 6.07. The van der Waals surface area contributed by atoms with Crippen LogP contribution in [-0.4, -0.2) is 12.7 Å². The zero-order valence-corrected chi connectivity index (χ0v) is 14.9. The highest BCUT2D eigenvalue weighted by molar-refractivity contribution is 6.02. The smallest absolute Gasteiger partial charge is 0.291 e. The SMILES string of the molecule is CCc1ccc(NC(=O)c2ccc(COc3ccc4c(c3)OCO4)o2)cc1. The molecule has 6 nitrogen and oxygen atoms in total. The number of hydrogen-bond acceptors (Lipinski definition) is 5. The third kappa shape index (κ3) is 3.89. The zero-order chi connectivity index (χ0) is 18.6. The summed E-state index contributed by atoms with van der Waals surface area (Å²) in [5.74, 6) is 2.48. The molecule has 0 saturated heterocycles. The Morgan fingerprint density at radius 2 is 1.85 bits per heavy atom. The molecule has 1 N–H and O–H groups in total. The van der Waals surface area contributed by atoms with Crippen LogP contribution in [-0.2, 0) is 13.0 Å². The summed E-state index contributed by atoms with van der Waals surface area (Å²) in [5, 5.41) is 2.82. The number of furan rings is 1. The highest BCUT2D eigenvalue weighted by atomic mass is 16.7. The number of ether oxygens (including phenoxy) is 3. The molecule has 3 aromatic rings. The van der Waals surface area contributed by atoms with Crippen molar-refractivity contribution in [1.82, 2.24) is 0 Å². The standard InChI is InChI=1S/C21H19NO5/c1-2-14-3-5-15(6-4-14)22-21(23)19-10-8-17(27-19)12-24-16-7-9-18-20(11-16)26-13-25-18/h3-11H,2,12-13H2,1H3,(H,22,23). The van der Waals surface area contributed by atoms with Crippen molar-refractivity contribution in [3.63, 3.8) is 0 Å². The van der Waals surface area contributed by atoms with Crippen LogP contribution in [0.1, 0.15) is 28.8 Å². The van der Waals surface area contributed by atoms with Crippen molar-refractivity contribution < 1.29 is 23.4 Å². The molecule has 2 heterocycles. The van der Waals surface area contributed by atoms with Crippen LogP contribution in [0.2, 0.25) is 0 Å². The van der Waals surface area contributed by atoms with Crippen molar-refractivity contribution >= 4 is 11.6 Å². The molecule has 0 aliphatic carbocycles. The van der Waals surface area contributed by atoms with Gasteiger partial charge in [-0.25, -0.2) is 0 Å². The summed E-state index contributed by atoms with van der Waals surface area (Å²) in [6, 6.07) is 16.4. The van der Waals surface area contributed by atoms with Crippen molar-refractivity contribution in [2.75, 3.05) is 12.1 Å². The van der Waals surface area contributed by atoms with Gasteiger partial charge >= 0.3 is 0 Å². The van der Waals surface area contributed by atoms with E-state index < -0.39 is 0 Å². The second-order valence-corrected chi connectivity index (χ2v) is 6.07. The van der Waals surface area contributed by atoms with Gasteiger partial charge in [-0.05, 0) is 48.4 Å². The Morgan fingerprint density at radius 3 is 2.67 bits per heavy atom. The molecule has 138 valence electrons.